The predicted molar refractivity (Wildman–Crippen MR) is 214 cm³/mol. The first-order chi connectivity index (χ1) is 25.3. The molecule has 0 saturated carbocycles. The summed E-state index contributed by atoms with van der Waals surface area (Å²) in [6, 6.07) is 69.1. The fraction of sp³-hybridized carbons (Fsp3) is 0. The molecule has 10 aromatic rings. The van der Waals surface area contributed by atoms with E-state index in [1.54, 1.807) is 0 Å². The van der Waals surface area contributed by atoms with Crippen molar-refractivity contribution in [2.45, 2.75) is 0 Å². The van der Waals surface area contributed by atoms with Gasteiger partial charge in [-0.15, -0.1) is 0 Å². The second-order valence-electron chi connectivity index (χ2n) is 13.0. The average molecular weight is 653 g/mol. The average Bonchev–Trinajstić information content (AvgIpc) is 3.75. The minimum atomic E-state index is 0.894. The number of aromatic nitrogens is 1. The minimum Gasteiger partial charge on any atom is -0.456 e. The Morgan fingerprint density at radius 2 is 0.902 bits per heavy atom. The second-order valence-corrected chi connectivity index (χ2v) is 13.0. The van der Waals surface area contributed by atoms with E-state index in [1.807, 2.05) is 12.1 Å². The molecule has 0 bridgehead atoms. The second kappa shape index (κ2) is 11.9. The first-order valence-electron chi connectivity index (χ1n) is 17.4. The summed E-state index contributed by atoms with van der Waals surface area (Å²) in [6.45, 7) is 0. The van der Waals surface area contributed by atoms with Gasteiger partial charge in [-0.2, -0.15) is 0 Å². The maximum Gasteiger partial charge on any atom is 0.137 e. The molecule has 240 valence electrons. The number of hydrogen-bond acceptors (Lipinski definition) is 2. The maximum absolute atomic E-state index is 6.31. The van der Waals surface area contributed by atoms with Crippen LogP contribution in [-0.2, 0) is 0 Å². The highest BCUT2D eigenvalue weighted by Gasteiger charge is 2.18. The summed E-state index contributed by atoms with van der Waals surface area (Å²) in [5, 5.41) is 4.72. The van der Waals surface area contributed by atoms with Crippen LogP contribution in [0.3, 0.4) is 0 Å². The lowest BCUT2D eigenvalue weighted by molar-refractivity contribution is 0.669. The lowest BCUT2D eigenvalue weighted by Gasteiger charge is -2.25. The molecule has 0 radical (unpaired) electrons. The van der Waals surface area contributed by atoms with Crippen molar-refractivity contribution in [3.05, 3.63) is 194 Å². The third-order valence-electron chi connectivity index (χ3n) is 9.98. The third kappa shape index (κ3) is 4.90. The lowest BCUT2D eigenvalue weighted by atomic mass is 9.98. The van der Waals surface area contributed by atoms with Crippen molar-refractivity contribution in [1.82, 2.24) is 4.57 Å². The van der Waals surface area contributed by atoms with Crippen LogP contribution in [0.15, 0.2) is 199 Å². The van der Waals surface area contributed by atoms with Crippen LogP contribution >= 0.6 is 0 Å². The number of fused-ring (bicyclic) bond motifs is 6. The summed E-state index contributed by atoms with van der Waals surface area (Å²) in [7, 11) is 0. The van der Waals surface area contributed by atoms with Crippen molar-refractivity contribution in [1.29, 1.82) is 0 Å². The van der Waals surface area contributed by atoms with Gasteiger partial charge in [0.25, 0.3) is 0 Å². The van der Waals surface area contributed by atoms with Gasteiger partial charge in [-0.1, -0.05) is 121 Å². The Hall–Kier alpha value is -6.84. The van der Waals surface area contributed by atoms with E-state index >= 15 is 0 Å². The number of nitrogens with zero attached hydrogens (tertiary/aromatic N) is 2. The molecule has 0 amide bonds. The molecule has 2 aromatic heterocycles. The third-order valence-corrected chi connectivity index (χ3v) is 9.98. The van der Waals surface area contributed by atoms with Gasteiger partial charge in [-0.05, 0) is 95.1 Å². The Labute approximate surface area is 295 Å². The topological polar surface area (TPSA) is 21.3 Å². The molecule has 0 aliphatic rings. The zero-order chi connectivity index (χ0) is 33.7. The van der Waals surface area contributed by atoms with Gasteiger partial charge in [0.15, 0.2) is 0 Å². The van der Waals surface area contributed by atoms with Crippen LogP contribution in [0.4, 0.5) is 17.1 Å². The molecule has 2 heterocycles. The number of para-hydroxylation sites is 4. The number of anilines is 3. The van der Waals surface area contributed by atoms with E-state index in [4.69, 9.17) is 4.42 Å². The summed E-state index contributed by atoms with van der Waals surface area (Å²) in [5.74, 6) is 0. The van der Waals surface area contributed by atoms with Crippen LogP contribution in [-0.4, -0.2) is 4.57 Å². The summed E-state index contributed by atoms with van der Waals surface area (Å²) in [5.41, 5.74) is 13.3. The van der Waals surface area contributed by atoms with E-state index in [9.17, 15) is 0 Å². The Balaban J connectivity index is 1.07. The van der Waals surface area contributed by atoms with Crippen LogP contribution in [0.25, 0.3) is 71.7 Å². The van der Waals surface area contributed by atoms with E-state index in [0.717, 1.165) is 44.7 Å². The van der Waals surface area contributed by atoms with E-state index in [1.165, 1.54) is 44.1 Å². The number of rotatable bonds is 6. The molecule has 51 heavy (non-hydrogen) atoms. The quantitative estimate of drug-likeness (QED) is 0.178. The highest BCUT2D eigenvalue weighted by molar-refractivity contribution is 6.14. The number of benzene rings is 8. The van der Waals surface area contributed by atoms with E-state index in [2.05, 4.69) is 191 Å². The molecule has 0 saturated heterocycles. The van der Waals surface area contributed by atoms with E-state index in [-0.39, 0.29) is 0 Å². The van der Waals surface area contributed by atoms with Crippen molar-refractivity contribution in [3.8, 4) is 27.9 Å². The highest BCUT2D eigenvalue weighted by Crippen LogP contribution is 2.40. The predicted octanol–water partition coefficient (Wildman–Crippen LogP) is 13.5. The van der Waals surface area contributed by atoms with Crippen molar-refractivity contribution in [2.75, 3.05) is 4.90 Å². The van der Waals surface area contributed by atoms with E-state index < -0.39 is 0 Å². The van der Waals surface area contributed by atoms with Crippen molar-refractivity contribution in [3.63, 3.8) is 0 Å². The molecule has 0 fully saturated rings. The van der Waals surface area contributed by atoms with Crippen molar-refractivity contribution < 1.29 is 4.42 Å². The molecule has 3 nitrogen and oxygen atoms in total. The Morgan fingerprint density at radius 3 is 1.67 bits per heavy atom. The lowest BCUT2D eigenvalue weighted by Crippen LogP contribution is -2.09. The molecule has 0 N–H and O–H groups in total. The Kier molecular flexibility index (Phi) is 6.81. The fourth-order valence-electron chi connectivity index (χ4n) is 7.63. The van der Waals surface area contributed by atoms with Gasteiger partial charge >= 0.3 is 0 Å². The molecular weight excluding hydrogens is 621 g/mol. The number of furan rings is 1. The van der Waals surface area contributed by atoms with Crippen LogP contribution in [0.1, 0.15) is 0 Å². The van der Waals surface area contributed by atoms with Gasteiger partial charge in [0, 0.05) is 33.2 Å². The molecule has 10 rings (SSSR count). The monoisotopic (exact) mass is 652 g/mol. The number of hydrogen-bond donors (Lipinski definition) is 0. The molecule has 3 heteroatoms. The standard InChI is InChI=1S/C48H32N2O/c1-3-15-37(16-4-1)49(38-17-5-2-6-18-38)39-28-25-33(26-29-39)34-13-11-14-35(31-34)36-27-30-41-40-19-7-9-21-43(40)50(45(41)32-36)44-22-12-24-47-48(44)42-20-8-10-23-46(42)51-47/h1-32H. The van der Waals surface area contributed by atoms with Crippen LogP contribution in [0.2, 0.25) is 0 Å². The molecule has 0 atom stereocenters. The van der Waals surface area contributed by atoms with Crippen LogP contribution < -0.4 is 4.90 Å². The molecule has 0 unspecified atom stereocenters. The van der Waals surface area contributed by atoms with Gasteiger partial charge in [-0.25, -0.2) is 0 Å². The minimum absolute atomic E-state index is 0.894. The van der Waals surface area contributed by atoms with Crippen molar-refractivity contribution in [2.24, 2.45) is 0 Å². The van der Waals surface area contributed by atoms with Crippen LogP contribution in [0, 0.1) is 0 Å². The zero-order valence-electron chi connectivity index (χ0n) is 27.8. The fourth-order valence-corrected chi connectivity index (χ4v) is 7.63. The van der Waals surface area contributed by atoms with Gasteiger partial charge in [-0.3, -0.25) is 0 Å². The first-order valence-corrected chi connectivity index (χ1v) is 17.4. The Bertz CT molecular complexity index is 2810. The summed E-state index contributed by atoms with van der Waals surface area (Å²) < 4.78 is 8.72. The summed E-state index contributed by atoms with van der Waals surface area (Å²) in [4.78, 5) is 2.29. The SMILES string of the molecule is c1ccc(N(c2ccccc2)c2ccc(-c3cccc(-c4ccc5c6ccccc6n(-c6cccc7oc8ccccc8c67)c5c4)c3)cc2)cc1. The highest BCUT2D eigenvalue weighted by atomic mass is 16.3. The Morgan fingerprint density at radius 1 is 0.353 bits per heavy atom. The molecular formula is C48H32N2O. The van der Waals surface area contributed by atoms with Gasteiger partial charge in [0.05, 0.1) is 22.1 Å². The summed E-state index contributed by atoms with van der Waals surface area (Å²) in [6.07, 6.45) is 0. The largest absolute Gasteiger partial charge is 0.456 e. The van der Waals surface area contributed by atoms with Gasteiger partial charge < -0.3 is 13.9 Å². The van der Waals surface area contributed by atoms with E-state index in [0.29, 0.717) is 0 Å². The summed E-state index contributed by atoms with van der Waals surface area (Å²) >= 11 is 0. The maximum atomic E-state index is 6.31. The zero-order valence-corrected chi connectivity index (χ0v) is 27.8. The van der Waals surface area contributed by atoms with Crippen molar-refractivity contribution >= 4 is 60.8 Å². The first kappa shape index (κ1) is 29.1. The normalized spacial score (nSPS) is 11.5. The van der Waals surface area contributed by atoms with Crippen LogP contribution in [0.5, 0.6) is 0 Å². The molecule has 0 spiro atoms. The molecule has 0 aliphatic carbocycles. The van der Waals surface area contributed by atoms with Gasteiger partial charge in [0.1, 0.15) is 11.2 Å². The molecule has 0 aliphatic heterocycles. The smallest absolute Gasteiger partial charge is 0.137 e. The molecule has 8 aromatic carbocycles. The van der Waals surface area contributed by atoms with Gasteiger partial charge in [0.2, 0.25) is 0 Å².